The lowest BCUT2D eigenvalue weighted by Crippen LogP contribution is -2.34. The fourth-order valence-electron chi connectivity index (χ4n) is 2.58. The summed E-state index contributed by atoms with van der Waals surface area (Å²) >= 11 is 0. The first-order chi connectivity index (χ1) is 10.3. The molecule has 118 valence electrons. The van der Waals surface area contributed by atoms with Gasteiger partial charge in [0.05, 0.1) is 13.7 Å². The van der Waals surface area contributed by atoms with Gasteiger partial charge in [0.25, 0.3) is 0 Å². The fraction of sp³-hybridized carbons (Fsp3) is 0.625. The zero-order chi connectivity index (χ0) is 14.9. The Labute approximate surface area is 127 Å². The van der Waals surface area contributed by atoms with Gasteiger partial charge in [-0.1, -0.05) is 0 Å². The molecular weight excluding hydrogens is 268 g/mol. The van der Waals surface area contributed by atoms with Crippen molar-refractivity contribution in [3.8, 4) is 11.5 Å². The summed E-state index contributed by atoms with van der Waals surface area (Å²) in [6.07, 6.45) is 1.16. The molecule has 0 saturated carbocycles. The van der Waals surface area contributed by atoms with E-state index in [1.165, 1.54) is 0 Å². The number of hydrogen-bond acceptors (Lipinski definition) is 5. The minimum Gasteiger partial charge on any atom is -0.497 e. The van der Waals surface area contributed by atoms with E-state index in [1.54, 1.807) is 7.11 Å². The third kappa shape index (κ3) is 5.53. The molecule has 1 aliphatic rings. The van der Waals surface area contributed by atoms with E-state index in [0.29, 0.717) is 6.61 Å². The van der Waals surface area contributed by atoms with Gasteiger partial charge in [-0.2, -0.15) is 0 Å². The predicted octanol–water partition coefficient (Wildman–Crippen LogP) is 1.07. The molecule has 21 heavy (non-hydrogen) atoms. The van der Waals surface area contributed by atoms with Crippen molar-refractivity contribution in [1.82, 2.24) is 9.80 Å². The molecule has 1 aliphatic heterocycles. The monoisotopic (exact) mass is 294 g/mol. The Morgan fingerprint density at radius 1 is 0.952 bits per heavy atom. The Morgan fingerprint density at radius 2 is 1.57 bits per heavy atom. The molecule has 0 unspecified atom stereocenters. The van der Waals surface area contributed by atoms with Crippen LogP contribution in [0.3, 0.4) is 0 Å². The minimum absolute atomic E-state index is 0.251. The van der Waals surface area contributed by atoms with Crippen molar-refractivity contribution < 1.29 is 14.6 Å². The van der Waals surface area contributed by atoms with Gasteiger partial charge in [0.1, 0.15) is 18.1 Å². The number of methoxy groups -OCH3 is 1. The van der Waals surface area contributed by atoms with Crippen molar-refractivity contribution in [3.05, 3.63) is 24.3 Å². The first-order valence-corrected chi connectivity index (χ1v) is 7.64. The molecule has 5 heteroatoms. The average molecular weight is 294 g/mol. The third-order valence-corrected chi connectivity index (χ3v) is 3.83. The molecule has 0 amide bonds. The van der Waals surface area contributed by atoms with E-state index in [1.807, 2.05) is 24.3 Å². The highest BCUT2D eigenvalue weighted by atomic mass is 16.5. The number of hydrogen-bond donors (Lipinski definition) is 1. The van der Waals surface area contributed by atoms with E-state index in [-0.39, 0.29) is 6.61 Å². The minimum atomic E-state index is 0.251. The van der Waals surface area contributed by atoms with Gasteiger partial charge >= 0.3 is 0 Å². The Hall–Kier alpha value is -1.30. The summed E-state index contributed by atoms with van der Waals surface area (Å²) in [6, 6.07) is 7.69. The van der Waals surface area contributed by atoms with Gasteiger partial charge in [0, 0.05) is 26.2 Å². The number of benzene rings is 1. The normalized spacial score (nSPS) is 17.4. The Kier molecular flexibility index (Phi) is 6.79. The number of ether oxygens (including phenoxy) is 2. The Balaban J connectivity index is 1.68. The third-order valence-electron chi connectivity index (χ3n) is 3.83. The number of β-amino-alcohol motifs (C(OH)–C–C–N with tert-alkyl or cyclic N) is 1. The molecule has 2 rings (SSSR count). The summed E-state index contributed by atoms with van der Waals surface area (Å²) in [7, 11) is 1.66. The molecule has 0 aliphatic carbocycles. The van der Waals surface area contributed by atoms with Crippen LogP contribution in [0.25, 0.3) is 0 Å². The number of rotatable bonds is 7. The zero-order valence-electron chi connectivity index (χ0n) is 12.8. The van der Waals surface area contributed by atoms with Crippen molar-refractivity contribution >= 4 is 0 Å². The summed E-state index contributed by atoms with van der Waals surface area (Å²) in [4.78, 5) is 4.76. The summed E-state index contributed by atoms with van der Waals surface area (Å²) in [5.41, 5.74) is 0. The van der Waals surface area contributed by atoms with Gasteiger partial charge in [-0.25, -0.2) is 0 Å². The van der Waals surface area contributed by atoms with Crippen molar-refractivity contribution in [3.63, 3.8) is 0 Å². The highest BCUT2D eigenvalue weighted by molar-refractivity contribution is 5.31. The first kappa shape index (κ1) is 16.1. The van der Waals surface area contributed by atoms with Crippen molar-refractivity contribution in [2.45, 2.75) is 6.42 Å². The van der Waals surface area contributed by atoms with Crippen molar-refractivity contribution in [2.24, 2.45) is 0 Å². The van der Waals surface area contributed by atoms with Crippen molar-refractivity contribution in [1.29, 1.82) is 0 Å². The first-order valence-electron chi connectivity index (χ1n) is 7.64. The van der Waals surface area contributed by atoms with Crippen LogP contribution in [0.15, 0.2) is 24.3 Å². The lowest BCUT2D eigenvalue weighted by molar-refractivity contribution is 0.188. The topological polar surface area (TPSA) is 45.2 Å². The van der Waals surface area contributed by atoms with Gasteiger partial charge < -0.3 is 14.6 Å². The van der Waals surface area contributed by atoms with E-state index in [0.717, 1.165) is 57.2 Å². The second kappa shape index (κ2) is 8.87. The number of aliphatic hydroxyl groups is 1. The van der Waals surface area contributed by atoms with Gasteiger partial charge in [0.15, 0.2) is 0 Å². The standard InChI is InChI=1S/C16H26N2O3/c1-20-15-3-5-16(6-4-15)21-14-12-18-8-2-7-17(9-10-18)11-13-19/h3-6,19H,2,7-14H2,1H3. The lowest BCUT2D eigenvalue weighted by atomic mass is 10.3. The largest absolute Gasteiger partial charge is 0.497 e. The van der Waals surface area contributed by atoms with Crippen LogP contribution in [-0.2, 0) is 0 Å². The molecule has 1 aromatic carbocycles. The number of nitrogens with zero attached hydrogens (tertiary/aromatic N) is 2. The molecule has 0 bridgehead atoms. The van der Waals surface area contributed by atoms with Crippen LogP contribution >= 0.6 is 0 Å². The molecule has 0 atom stereocenters. The van der Waals surface area contributed by atoms with Gasteiger partial charge in [-0.05, 0) is 43.8 Å². The van der Waals surface area contributed by atoms with Crippen LogP contribution in [0, 0.1) is 0 Å². The van der Waals surface area contributed by atoms with Gasteiger partial charge in [0.2, 0.25) is 0 Å². The van der Waals surface area contributed by atoms with E-state index in [4.69, 9.17) is 14.6 Å². The smallest absolute Gasteiger partial charge is 0.119 e. The fourth-order valence-corrected chi connectivity index (χ4v) is 2.58. The summed E-state index contributed by atoms with van der Waals surface area (Å²) in [5, 5.41) is 9.00. The number of aliphatic hydroxyl groups excluding tert-OH is 1. The second-order valence-corrected chi connectivity index (χ2v) is 5.28. The zero-order valence-corrected chi connectivity index (χ0v) is 12.8. The molecule has 1 fully saturated rings. The maximum absolute atomic E-state index is 9.00. The van der Waals surface area contributed by atoms with E-state index in [9.17, 15) is 0 Å². The summed E-state index contributed by atoms with van der Waals surface area (Å²) in [6.45, 7) is 6.95. The Bertz CT molecular complexity index is 397. The maximum Gasteiger partial charge on any atom is 0.119 e. The highest BCUT2D eigenvalue weighted by Gasteiger charge is 2.13. The SMILES string of the molecule is COc1ccc(OCCN2CCCN(CCO)CC2)cc1. The molecule has 0 aromatic heterocycles. The van der Waals surface area contributed by atoms with Gasteiger partial charge in [-0.3, -0.25) is 9.80 Å². The molecule has 1 N–H and O–H groups in total. The van der Waals surface area contributed by atoms with Crippen molar-refractivity contribution in [2.75, 3.05) is 59.6 Å². The summed E-state index contributed by atoms with van der Waals surface area (Å²) < 4.78 is 10.9. The molecular formula is C16H26N2O3. The average Bonchev–Trinajstić information content (AvgIpc) is 2.74. The molecule has 0 radical (unpaired) electrons. The van der Waals surface area contributed by atoms with E-state index in [2.05, 4.69) is 9.80 Å². The van der Waals surface area contributed by atoms with Crippen LogP contribution in [0.2, 0.25) is 0 Å². The molecule has 5 nitrogen and oxygen atoms in total. The van der Waals surface area contributed by atoms with Crippen LogP contribution in [0.4, 0.5) is 0 Å². The molecule has 1 heterocycles. The van der Waals surface area contributed by atoms with Crippen LogP contribution in [0.1, 0.15) is 6.42 Å². The quantitative estimate of drug-likeness (QED) is 0.815. The highest BCUT2D eigenvalue weighted by Crippen LogP contribution is 2.16. The molecule has 0 spiro atoms. The second-order valence-electron chi connectivity index (χ2n) is 5.28. The Morgan fingerprint density at radius 3 is 2.19 bits per heavy atom. The van der Waals surface area contributed by atoms with Crippen LogP contribution in [-0.4, -0.2) is 74.5 Å². The predicted molar refractivity (Wildman–Crippen MR) is 83.1 cm³/mol. The van der Waals surface area contributed by atoms with Crippen LogP contribution in [0.5, 0.6) is 11.5 Å². The summed E-state index contributed by atoms with van der Waals surface area (Å²) in [5.74, 6) is 1.73. The van der Waals surface area contributed by atoms with Crippen LogP contribution < -0.4 is 9.47 Å². The van der Waals surface area contributed by atoms with Gasteiger partial charge in [-0.15, -0.1) is 0 Å². The molecule has 1 saturated heterocycles. The molecule has 1 aromatic rings. The van der Waals surface area contributed by atoms with E-state index >= 15 is 0 Å². The lowest BCUT2D eigenvalue weighted by Gasteiger charge is -2.21. The van der Waals surface area contributed by atoms with E-state index < -0.39 is 0 Å². The maximum atomic E-state index is 9.00.